The molecule has 3 heteroatoms. The maximum Gasteiger partial charge on any atom is 0.168 e. The lowest BCUT2D eigenvalue weighted by Crippen LogP contribution is -2.12. The van der Waals surface area contributed by atoms with Crippen molar-refractivity contribution in [2.75, 3.05) is 7.11 Å². The minimum absolute atomic E-state index is 0.117. The topological polar surface area (TPSA) is 9.23 Å². The Bertz CT molecular complexity index is 639. The minimum atomic E-state index is -0.229. The van der Waals surface area contributed by atoms with E-state index in [0.29, 0.717) is 5.75 Å². The largest absolute Gasteiger partial charge is 0.494 e. The molecule has 0 heterocycles. The van der Waals surface area contributed by atoms with Gasteiger partial charge in [-0.25, -0.2) is 4.39 Å². The van der Waals surface area contributed by atoms with Gasteiger partial charge >= 0.3 is 0 Å². The second-order valence-electron chi connectivity index (χ2n) is 5.15. The molecule has 0 bridgehead atoms. The average Bonchev–Trinajstić information content (AvgIpc) is 2.47. The summed E-state index contributed by atoms with van der Waals surface area (Å²) in [7, 11) is 1.51. The molecule has 0 amide bonds. The van der Waals surface area contributed by atoms with Gasteiger partial charge in [0, 0.05) is 10.4 Å². The number of aryl methyl sites for hydroxylation is 1. The van der Waals surface area contributed by atoms with Crippen LogP contribution in [0.5, 0.6) is 5.75 Å². The Labute approximate surface area is 126 Å². The summed E-state index contributed by atoms with van der Waals surface area (Å²) in [5.74, 6) is 0.212. The number of methoxy groups -OCH3 is 1. The van der Waals surface area contributed by atoms with Crippen LogP contribution in [0.25, 0.3) is 0 Å². The van der Waals surface area contributed by atoms with Crippen LogP contribution in [0.4, 0.5) is 4.39 Å². The molecule has 3 rings (SSSR count). The van der Waals surface area contributed by atoms with Gasteiger partial charge in [0.05, 0.1) is 7.11 Å². The average molecular weight is 335 g/mol. The van der Waals surface area contributed by atoms with Crippen LogP contribution in [0, 0.1) is 5.82 Å². The second-order valence-corrected chi connectivity index (χ2v) is 6.07. The molecule has 0 unspecified atom stereocenters. The molecule has 0 spiro atoms. The third-order valence-corrected chi connectivity index (χ3v) is 4.50. The van der Waals surface area contributed by atoms with Crippen LogP contribution in [0.2, 0.25) is 0 Å². The Hall–Kier alpha value is -1.35. The first kappa shape index (κ1) is 13.6. The summed E-state index contributed by atoms with van der Waals surface area (Å²) >= 11 is 3.52. The Morgan fingerprint density at radius 3 is 2.85 bits per heavy atom. The zero-order chi connectivity index (χ0) is 14.1. The van der Waals surface area contributed by atoms with Gasteiger partial charge in [0.1, 0.15) is 0 Å². The Kier molecular flexibility index (Phi) is 3.79. The highest BCUT2D eigenvalue weighted by Crippen LogP contribution is 2.40. The molecule has 1 atom stereocenters. The summed E-state index contributed by atoms with van der Waals surface area (Å²) in [6, 6.07) is 11.7. The quantitative estimate of drug-likeness (QED) is 0.745. The number of halogens is 2. The molecule has 0 saturated carbocycles. The zero-order valence-corrected chi connectivity index (χ0v) is 12.9. The van der Waals surface area contributed by atoms with Crippen molar-refractivity contribution in [3.63, 3.8) is 0 Å². The maximum atomic E-state index is 14.5. The van der Waals surface area contributed by atoms with Gasteiger partial charge in [0.25, 0.3) is 0 Å². The maximum absolute atomic E-state index is 14.5. The molecule has 0 fully saturated rings. The predicted molar refractivity (Wildman–Crippen MR) is 81.9 cm³/mol. The lowest BCUT2D eigenvalue weighted by atomic mass is 9.79. The fraction of sp³-hybridized carbons (Fsp3) is 0.294. The Morgan fingerprint density at radius 2 is 2.05 bits per heavy atom. The minimum Gasteiger partial charge on any atom is -0.494 e. The molecule has 0 N–H and O–H groups in total. The van der Waals surface area contributed by atoms with Gasteiger partial charge in [-0.3, -0.25) is 0 Å². The van der Waals surface area contributed by atoms with Crippen LogP contribution in [0.1, 0.15) is 35.4 Å². The smallest absolute Gasteiger partial charge is 0.168 e. The van der Waals surface area contributed by atoms with E-state index in [2.05, 4.69) is 34.1 Å². The summed E-state index contributed by atoms with van der Waals surface area (Å²) in [5, 5.41) is 0. The SMILES string of the molecule is COc1cccc([C@@H]2CCCc3ccc(Br)cc32)c1F. The predicted octanol–water partition coefficient (Wildman–Crippen LogP) is 5.07. The van der Waals surface area contributed by atoms with Crippen molar-refractivity contribution in [1.29, 1.82) is 0 Å². The van der Waals surface area contributed by atoms with E-state index in [1.807, 2.05) is 12.1 Å². The van der Waals surface area contributed by atoms with Crippen LogP contribution in [-0.4, -0.2) is 7.11 Å². The van der Waals surface area contributed by atoms with E-state index in [-0.39, 0.29) is 11.7 Å². The summed E-state index contributed by atoms with van der Waals surface area (Å²) < 4.78 is 20.7. The monoisotopic (exact) mass is 334 g/mol. The van der Waals surface area contributed by atoms with Crippen molar-refractivity contribution in [3.8, 4) is 5.75 Å². The Morgan fingerprint density at radius 1 is 1.20 bits per heavy atom. The normalized spacial score (nSPS) is 17.6. The highest BCUT2D eigenvalue weighted by atomic mass is 79.9. The van der Waals surface area contributed by atoms with Crippen molar-refractivity contribution in [2.24, 2.45) is 0 Å². The van der Waals surface area contributed by atoms with Gasteiger partial charge in [-0.2, -0.15) is 0 Å². The molecule has 20 heavy (non-hydrogen) atoms. The van der Waals surface area contributed by atoms with E-state index >= 15 is 0 Å². The highest BCUT2D eigenvalue weighted by Gasteiger charge is 2.25. The molecule has 1 nitrogen and oxygen atoms in total. The number of hydrogen-bond donors (Lipinski definition) is 0. The molecule has 0 saturated heterocycles. The number of hydrogen-bond acceptors (Lipinski definition) is 1. The molecule has 104 valence electrons. The summed E-state index contributed by atoms with van der Waals surface area (Å²) in [5.41, 5.74) is 3.30. The second kappa shape index (κ2) is 5.57. The number of fused-ring (bicyclic) bond motifs is 1. The van der Waals surface area contributed by atoms with Crippen LogP contribution in [0.3, 0.4) is 0 Å². The summed E-state index contributed by atoms with van der Waals surface area (Å²) in [6.07, 6.45) is 3.15. The van der Waals surface area contributed by atoms with Gasteiger partial charge < -0.3 is 4.74 Å². The summed E-state index contributed by atoms with van der Waals surface area (Å²) in [6.45, 7) is 0. The molecule has 1 aliphatic rings. The van der Waals surface area contributed by atoms with Crippen molar-refractivity contribution in [1.82, 2.24) is 0 Å². The van der Waals surface area contributed by atoms with Crippen molar-refractivity contribution >= 4 is 15.9 Å². The van der Waals surface area contributed by atoms with Crippen molar-refractivity contribution in [2.45, 2.75) is 25.2 Å². The fourth-order valence-corrected chi connectivity index (χ4v) is 3.43. The molecule has 1 aliphatic carbocycles. The molecule has 2 aromatic carbocycles. The third-order valence-electron chi connectivity index (χ3n) is 4.01. The van der Waals surface area contributed by atoms with Crippen LogP contribution in [-0.2, 0) is 6.42 Å². The van der Waals surface area contributed by atoms with Crippen LogP contribution in [0.15, 0.2) is 40.9 Å². The fourth-order valence-electron chi connectivity index (χ4n) is 3.05. The summed E-state index contributed by atoms with van der Waals surface area (Å²) in [4.78, 5) is 0. The van der Waals surface area contributed by atoms with Gasteiger partial charge in [0.2, 0.25) is 0 Å². The highest BCUT2D eigenvalue weighted by molar-refractivity contribution is 9.10. The number of ether oxygens (including phenoxy) is 1. The van der Waals surface area contributed by atoms with Gasteiger partial charge in [0.15, 0.2) is 11.6 Å². The van der Waals surface area contributed by atoms with Crippen molar-refractivity contribution in [3.05, 3.63) is 63.4 Å². The van der Waals surface area contributed by atoms with E-state index in [9.17, 15) is 4.39 Å². The zero-order valence-electron chi connectivity index (χ0n) is 11.3. The first-order chi connectivity index (χ1) is 9.70. The number of rotatable bonds is 2. The molecular weight excluding hydrogens is 319 g/mol. The first-order valence-electron chi connectivity index (χ1n) is 6.81. The van der Waals surface area contributed by atoms with E-state index in [0.717, 1.165) is 29.3 Å². The van der Waals surface area contributed by atoms with Gasteiger partial charge in [-0.1, -0.05) is 34.1 Å². The first-order valence-corrected chi connectivity index (χ1v) is 7.60. The standard InChI is InChI=1S/C17H16BrFO/c1-20-16-7-3-6-14(17(16)19)13-5-2-4-11-8-9-12(18)10-15(11)13/h3,6-10,13H,2,4-5H2,1H3/t13-/m0/s1. The van der Waals surface area contributed by atoms with E-state index in [1.54, 1.807) is 6.07 Å². The van der Waals surface area contributed by atoms with Crippen molar-refractivity contribution < 1.29 is 9.13 Å². The number of benzene rings is 2. The molecular formula is C17H16BrFO. The molecule has 0 radical (unpaired) electrons. The van der Waals surface area contributed by atoms with E-state index in [1.165, 1.54) is 18.2 Å². The van der Waals surface area contributed by atoms with Crippen LogP contribution < -0.4 is 4.74 Å². The molecule has 0 aromatic heterocycles. The van der Waals surface area contributed by atoms with Crippen LogP contribution >= 0.6 is 15.9 Å². The van der Waals surface area contributed by atoms with E-state index in [4.69, 9.17) is 4.74 Å². The molecule has 0 aliphatic heterocycles. The lowest BCUT2D eigenvalue weighted by molar-refractivity contribution is 0.382. The van der Waals surface area contributed by atoms with Gasteiger partial charge in [-0.15, -0.1) is 0 Å². The lowest BCUT2D eigenvalue weighted by Gasteiger charge is -2.27. The van der Waals surface area contributed by atoms with E-state index < -0.39 is 0 Å². The Balaban J connectivity index is 2.11. The molecule has 2 aromatic rings. The third kappa shape index (κ3) is 2.35. The van der Waals surface area contributed by atoms with Gasteiger partial charge in [-0.05, 0) is 54.2 Å².